The molecule has 0 radical (unpaired) electrons. The Morgan fingerprint density at radius 3 is 2.62 bits per heavy atom. The summed E-state index contributed by atoms with van der Waals surface area (Å²) in [6.07, 6.45) is 5.04. The summed E-state index contributed by atoms with van der Waals surface area (Å²) in [4.78, 5) is 12.4. The summed E-state index contributed by atoms with van der Waals surface area (Å²) in [6, 6.07) is 13.1. The Morgan fingerprint density at radius 2 is 1.81 bits per heavy atom. The zero-order chi connectivity index (χ0) is 17.8. The molecule has 0 saturated heterocycles. The second kappa shape index (κ2) is 7.68. The normalized spacial score (nSPS) is 16.3. The van der Waals surface area contributed by atoms with Crippen molar-refractivity contribution in [2.45, 2.75) is 38.3 Å². The molecular formula is C21H23NO4. The van der Waals surface area contributed by atoms with Crippen LogP contribution >= 0.6 is 0 Å². The molecular weight excluding hydrogens is 330 g/mol. The van der Waals surface area contributed by atoms with Crippen LogP contribution in [0.5, 0.6) is 17.2 Å². The number of hydrogen-bond acceptors (Lipinski definition) is 4. The first-order chi connectivity index (χ1) is 12.8. The van der Waals surface area contributed by atoms with Crippen LogP contribution in [0.25, 0.3) is 0 Å². The number of benzene rings is 2. The molecule has 0 atom stereocenters. The molecule has 2 aliphatic rings. The first kappa shape index (κ1) is 16.8. The van der Waals surface area contributed by atoms with Gasteiger partial charge in [-0.2, -0.15) is 0 Å². The van der Waals surface area contributed by atoms with Crippen molar-refractivity contribution >= 4 is 5.91 Å². The Kier molecular flexibility index (Phi) is 4.95. The molecule has 2 aromatic carbocycles. The molecule has 0 aromatic heterocycles. The average Bonchev–Trinajstić information content (AvgIpc) is 3.19. The van der Waals surface area contributed by atoms with E-state index in [0.717, 1.165) is 35.7 Å². The van der Waals surface area contributed by atoms with Gasteiger partial charge >= 0.3 is 0 Å². The zero-order valence-electron chi connectivity index (χ0n) is 14.7. The van der Waals surface area contributed by atoms with E-state index in [2.05, 4.69) is 5.32 Å². The molecule has 1 saturated carbocycles. The average molecular weight is 353 g/mol. The van der Waals surface area contributed by atoms with E-state index in [0.29, 0.717) is 31.4 Å². The molecule has 4 rings (SSSR count). The highest BCUT2D eigenvalue weighted by atomic mass is 16.6. The standard InChI is InChI=1S/C21H23NO4/c23-21(15-8-10-18(11-9-15)26-17-5-1-2-6-17)22-14-16-4-3-7-19-20(16)25-13-12-24-19/h3-4,7-11,17H,1-2,5-6,12-14H2,(H,22,23). The minimum atomic E-state index is -0.119. The number of carbonyl (C=O) groups is 1. The molecule has 0 bridgehead atoms. The number of amides is 1. The van der Waals surface area contributed by atoms with Crippen LogP contribution in [0.4, 0.5) is 0 Å². The number of ether oxygens (including phenoxy) is 3. The minimum absolute atomic E-state index is 0.119. The molecule has 2 aromatic rings. The van der Waals surface area contributed by atoms with Gasteiger partial charge in [-0.25, -0.2) is 0 Å². The molecule has 1 N–H and O–H groups in total. The summed E-state index contributed by atoms with van der Waals surface area (Å²) in [5, 5.41) is 2.94. The van der Waals surface area contributed by atoms with E-state index in [1.165, 1.54) is 12.8 Å². The van der Waals surface area contributed by atoms with E-state index in [-0.39, 0.29) is 5.91 Å². The quantitative estimate of drug-likeness (QED) is 0.890. The summed E-state index contributed by atoms with van der Waals surface area (Å²) < 4.78 is 17.2. The third-order valence-corrected chi connectivity index (χ3v) is 4.81. The van der Waals surface area contributed by atoms with Crippen molar-refractivity contribution in [1.82, 2.24) is 5.32 Å². The van der Waals surface area contributed by atoms with Crippen molar-refractivity contribution < 1.29 is 19.0 Å². The Morgan fingerprint density at radius 1 is 1.04 bits per heavy atom. The van der Waals surface area contributed by atoms with Gasteiger partial charge in [0.1, 0.15) is 19.0 Å². The number of fused-ring (bicyclic) bond motifs is 1. The summed E-state index contributed by atoms with van der Waals surface area (Å²) in [7, 11) is 0. The van der Waals surface area contributed by atoms with Crippen molar-refractivity contribution in [2.75, 3.05) is 13.2 Å². The van der Waals surface area contributed by atoms with Crippen LogP contribution in [0.1, 0.15) is 41.6 Å². The van der Waals surface area contributed by atoms with E-state index in [9.17, 15) is 4.79 Å². The molecule has 1 amide bonds. The number of carbonyl (C=O) groups excluding carboxylic acids is 1. The maximum Gasteiger partial charge on any atom is 0.251 e. The van der Waals surface area contributed by atoms with Crippen molar-refractivity contribution in [3.8, 4) is 17.2 Å². The highest BCUT2D eigenvalue weighted by Gasteiger charge is 2.18. The second-order valence-corrected chi connectivity index (χ2v) is 6.67. The second-order valence-electron chi connectivity index (χ2n) is 6.67. The van der Waals surface area contributed by atoms with E-state index < -0.39 is 0 Å². The van der Waals surface area contributed by atoms with Crippen molar-refractivity contribution in [2.24, 2.45) is 0 Å². The van der Waals surface area contributed by atoms with E-state index in [1.807, 2.05) is 30.3 Å². The van der Waals surface area contributed by atoms with Crippen LogP contribution < -0.4 is 19.5 Å². The lowest BCUT2D eigenvalue weighted by Crippen LogP contribution is -2.24. The molecule has 5 heteroatoms. The smallest absolute Gasteiger partial charge is 0.251 e. The highest BCUT2D eigenvalue weighted by Crippen LogP contribution is 2.33. The summed E-state index contributed by atoms with van der Waals surface area (Å²) >= 11 is 0. The van der Waals surface area contributed by atoms with Gasteiger partial charge in [-0.3, -0.25) is 4.79 Å². The lowest BCUT2D eigenvalue weighted by atomic mass is 10.1. The largest absolute Gasteiger partial charge is 0.490 e. The van der Waals surface area contributed by atoms with E-state index in [4.69, 9.17) is 14.2 Å². The van der Waals surface area contributed by atoms with Crippen LogP contribution in [0.15, 0.2) is 42.5 Å². The fraction of sp³-hybridized carbons (Fsp3) is 0.381. The van der Waals surface area contributed by atoms with Crippen molar-refractivity contribution in [1.29, 1.82) is 0 Å². The van der Waals surface area contributed by atoms with Gasteiger partial charge < -0.3 is 19.5 Å². The van der Waals surface area contributed by atoms with Crippen molar-refractivity contribution in [3.05, 3.63) is 53.6 Å². The molecule has 1 heterocycles. The van der Waals surface area contributed by atoms with Gasteiger partial charge in [0, 0.05) is 17.7 Å². The minimum Gasteiger partial charge on any atom is -0.490 e. The Labute approximate surface area is 153 Å². The van der Waals surface area contributed by atoms with Crippen LogP contribution in [0.3, 0.4) is 0 Å². The van der Waals surface area contributed by atoms with Gasteiger partial charge in [0.15, 0.2) is 11.5 Å². The number of nitrogens with one attached hydrogen (secondary N) is 1. The molecule has 0 spiro atoms. The van der Waals surface area contributed by atoms with Gasteiger partial charge in [-0.05, 0) is 56.0 Å². The topological polar surface area (TPSA) is 56.8 Å². The number of para-hydroxylation sites is 1. The monoisotopic (exact) mass is 353 g/mol. The summed E-state index contributed by atoms with van der Waals surface area (Å²) in [6.45, 7) is 1.48. The maximum absolute atomic E-state index is 12.4. The van der Waals surface area contributed by atoms with Crippen molar-refractivity contribution in [3.63, 3.8) is 0 Å². The molecule has 5 nitrogen and oxygen atoms in total. The predicted octanol–water partition coefficient (Wildman–Crippen LogP) is 3.71. The predicted molar refractivity (Wildman–Crippen MR) is 97.9 cm³/mol. The van der Waals surface area contributed by atoms with E-state index >= 15 is 0 Å². The van der Waals surface area contributed by atoms with Gasteiger partial charge in [0.2, 0.25) is 0 Å². The molecule has 26 heavy (non-hydrogen) atoms. The molecule has 1 aliphatic heterocycles. The Balaban J connectivity index is 1.36. The first-order valence-corrected chi connectivity index (χ1v) is 9.22. The SMILES string of the molecule is O=C(NCc1cccc2c1OCCO2)c1ccc(OC2CCCC2)cc1. The third kappa shape index (κ3) is 3.77. The van der Waals surface area contributed by atoms with Crippen LogP contribution in [0.2, 0.25) is 0 Å². The maximum atomic E-state index is 12.4. The van der Waals surface area contributed by atoms with Crippen LogP contribution in [0, 0.1) is 0 Å². The first-order valence-electron chi connectivity index (χ1n) is 9.22. The van der Waals surface area contributed by atoms with Crippen LogP contribution in [-0.4, -0.2) is 25.2 Å². The fourth-order valence-corrected chi connectivity index (χ4v) is 3.43. The number of rotatable bonds is 5. The molecule has 0 unspecified atom stereocenters. The van der Waals surface area contributed by atoms with Gasteiger partial charge in [0.05, 0.1) is 6.10 Å². The summed E-state index contributed by atoms with van der Waals surface area (Å²) in [5.41, 5.74) is 1.53. The fourth-order valence-electron chi connectivity index (χ4n) is 3.43. The number of hydrogen-bond donors (Lipinski definition) is 1. The molecule has 1 fully saturated rings. The summed E-state index contributed by atoms with van der Waals surface area (Å²) in [5.74, 6) is 2.17. The van der Waals surface area contributed by atoms with Gasteiger partial charge in [0.25, 0.3) is 5.91 Å². The van der Waals surface area contributed by atoms with Crippen LogP contribution in [-0.2, 0) is 6.54 Å². The zero-order valence-corrected chi connectivity index (χ0v) is 14.7. The van der Waals surface area contributed by atoms with Gasteiger partial charge in [-0.15, -0.1) is 0 Å². The molecule has 1 aliphatic carbocycles. The lowest BCUT2D eigenvalue weighted by Gasteiger charge is -2.21. The van der Waals surface area contributed by atoms with Gasteiger partial charge in [-0.1, -0.05) is 12.1 Å². The molecule has 136 valence electrons. The Hall–Kier alpha value is -2.69. The Bertz CT molecular complexity index is 766. The highest BCUT2D eigenvalue weighted by molar-refractivity contribution is 5.94. The van der Waals surface area contributed by atoms with E-state index in [1.54, 1.807) is 12.1 Å². The third-order valence-electron chi connectivity index (χ3n) is 4.81. The lowest BCUT2D eigenvalue weighted by molar-refractivity contribution is 0.0950.